The average Bonchev–Trinajstić information content (AvgIpc) is 2.61. The molecule has 6 nitrogen and oxygen atoms in total. The van der Waals surface area contributed by atoms with E-state index >= 15 is 0 Å². The van der Waals surface area contributed by atoms with Gasteiger partial charge in [-0.1, -0.05) is 12.1 Å². The zero-order valence-corrected chi connectivity index (χ0v) is 14.1. The van der Waals surface area contributed by atoms with Crippen LogP contribution in [0.3, 0.4) is 0 Å². The van der Waals surface area contributed by atoms with Gasteiger partial charge in [0, 0.05) is 0 Å². The van der Waals surface area contributed by atoms with Crippen LogP contribution in [0.1, 0.15) is 10.4 Å². The Bertz CT molecular complexity index is 884. The number of hydrogen-bond donors (Lipinski definition) is 1. The predicted octanol–water partition coefficient (Wildman–Crippen LogP) is 2.95. The van der Waals surface area contributed by atoms with E-state index in [1.807, 2.05) is 0 Å². The van der Waals surface area contributed by atoms with Crippen molar-refractivity contribution >= 4 is 21.4 Å². The summed E-state index contributed by atoms with van der Waals surface area (Å²) < 4.78 is 59.3. The minimum Gasteiger partial charge on any atom is -0.497 e. The van der Waals surface area contributed by atoms with Crippen molar-refractivity contribution in [1.29, 1.82) is 0 Å². The highest BCUT2D eigenvalue weighted by Crippen LogP contribution is 2.29. The van der Waals surface area contributed by atoms with Gasteiger partial charge in [0.2, 0.25) is 9.84 Å². The maximum atomic E-state index is 12.8. The molecule has 0 spiro atoms. The lowest BCUT2D eigenvalue weighted by Gasteiger charge is -2.13. The van der Waals surface area contributed by atoms with Crippen LogP contribution >= 0.6 is 0 Å². The van der Waals surface area contributed by atoms with Gasteiger partial charge >= 0.3 is 5.76 Å². The van der Waals surface area contributed by atoms with E-state index in [1.54, 1.807) is 6.07 Å². The maximum Gasteiger partial charge on any atom is 0.341 e. The van der Waals surface area contributed by atoms with E-state index in [9.17, 15) is 22.0 Å². The normalized spacial score (nSPS) is 11.2. The van der Waals surface area contributed by atoms with Crippen LogP contribution < -0.4 is 14.8 Å². The quantitative estimate of drug-likeness (QED) is 0.844. The molecule has 134 valence electrons. The lowest BCUT2D eigenvalue weighted by molar-refractivity contribution is 0.102. The monoisotopic (exact) mass is 371 g/mol. The Labute approximate surface area is 143 Å². The van der Waals surface area contributed by atoms with Crippen molar-refractivity contribution in [2.45, 2.75) is 10.7 Å². The van der Waals surface area contributed by atoms with Gasteiger partial charge in [-0.05, 0) is 30.3 Å². The molecule has 0 radical (unpaired) electrons. The molecule has 1 N–H and O–H groups in total. The number of anilines is 1. The fourth-order valence-corrected chi connectivity index (χ4v) is 2.98. The van der Waals surface area contributed by atoms with Crippen molar-refractivity contribution in [1.82, 2.24) is 0 Å². The molecule has 0 heterocycles. The number of alkyl halides is 2. The lowest BCUT2D eigenvalue weighted by atomic mass is 10.1. The Morgan fingerprint density at radius 1 is 1.08 bits per heavy atom. The van der Waals surface area contributed by atoms with Crippen LogP contribution in [0, 0.1) is 0 Å². The molecule has 0 aliphatic heterocycles. The molecule has 2 rings (SSSR count). The standard InChI is InChI=1S/C16H15F2NO5S/c1-23-10-7-8-13(24-2)11(9-10)15(20)19-12-5-3-4-6-14(12)25(21,22)16(17)18/h3-9,16H,1-2H3,(H,19,20). The van der Waals surface area contributed by atoms with E-state index in [4.69, 9.17) is 9.47 Å². The SMILES string of the molecule is COc1ccc(OC)c(C(=O)Nc2ccccc2S(=O)(=O)C(F)F)c1. The third-order valence-corrected chi connectivity index (χ3v) is 4.77. The molecule has 0 fully saturated rings. The van der Waals surface area contributed by atoms with Crippen molar-refractivity contribution < 1.29 is 31.5 Å². The molecular weight excluding hydrogens is 356 g/mol. The van der Waals surface area contributed by atoms with Gasteiger partial charge in [-0.3, -0.25) is 4.79 Å². The van der Waals surface area contributed by atoms with Crippen LogP contribution in [0.15, 0.2) is 47.4 Å². The predicted molar refractivity (Wildman–Crippen MR) is 87.1 cm³/mol. The third-order valence-electron chi connectivity index (χ3n) is 3.33. The molecule has 0 saturated heterocycles. The van der Waals surface area contributed by atoms with E-state index in [0.29, 0.717) is 5.75 Å². The molecule has 2 aromatic carbocycles. The first-order valence-corrected chi connectivity index (χ1v) is 8.50. The number of para-hydroxylation sites is 1. The first-order chi connectivity index (χ1) is 11.8. The summed E-state index contributed by atoms with van der Waals surface area (Å²) >= 11 is 0. The Kier molecular flexibility index (Phi) is 5.58. The number of rotatable bonds is 6. The van der Waals surface area contributed by atoms with E-state index in [2.05, 4.69) is 5.32 Å². The molecule has 1 amide bonds. The summed E-state index contributed by atoms with van der Waals surface area (Å²) in [6.07, 6.45) is 0. The number of halogens is 2. The van der Waals surface area contributed by atoms with Gasteiger partial charge in [0.25, 0.3) is 5.91 Å². The summed E-state index contributed by atoms with van der Waals surface area (Å²) in [5.74, 6) is -3.74. The Morgan fingerprint density at radius 3 is 2.36 bits per heavy atom. The topological polar surface area (TPSA) is 81.7 Å². The highest BCUT2D eigenvalue weighted by Gasteiger charge is 2.29. The van der Waals surface area contributed by atoms with Gasteiger partial charge in [0.15, 0.2) is 0 Å². The second-order valence-corrected chi connectivity index (χ2v) is 6.71. The van der Waals surface area contributed by atoms with Crippen LogP contribution in [-0.2, 0) is 9.84 Å². The van der Waals surface area contributed by atoms with Crippen molar-refractivity contribution in [3.05, 3.63) is 48.0 Å². The average molecular weight is 371 g/mol. The first-order valence-electron chi connectivity index (χ1n) is 6.95. The molecule has 2 aromatic rings. The molecular formula is C16H15F2NO5S. The highest BCUT2D eigenvalue weighted by atomic mass is 32.2. The number of carbonyl (C=O) groups is 1. The Balaban J connectivity index is 2.44. The van der Waals surface area contributed by atoms with E-state index in [0.717, 1.165) is 6.07 Å². The highest BCUT2D eigenvalue weighted by molar-refractivity contribution is 7.91. The van der Waals surface area contributed by atoms with Gasteiger partial charge in [-0.25, -0.2) is 8.42 Å². The summed E-state index contributed by atoms with van der Waals surface area (Å²) in [7, 11) is -2.10. The number of benzene rings is 2. The van der Waals surface area contributed by atoms with E-state index < -0.39 is 26.4 Å². The number of nitrogens with one attached hydrogen (secondary N) is 1. The number of methoxy groups -OCH3 is 2. The van der Waals surface area contributed by atoms with Crippen LogP contribution in [0.25, 0.3) is 0 Å². The summed E-state index contributed by atoms with van der Waals surface area (Å²) in [5, 5.41) is 2.33. The van der Waals surface area contributed by atoms with Gasteiger partial charge in [0.1, 0.15) is 11.5 Å². The molecule has 9 heteroatoms. The van der Waals surface area contributed by atoms with Crippen LogP contribution in [0.2, 0.25) is 0 Å². The molecule has 0 aliphatic carbocycles. The lowest BCUT2D eigenvalue weighted by Crippen LogP contribution is -2.18. The molecule has 0 aromatic heterocycles. The largest absolute Gasteiger partial charge is 0.497 e. The molecule has 0 bridgehead atoms. The molecule has 0 atom stereocenters. The minimum absolute atomic E-state index is 0.0612. The number of hydrogen-bond acceptors (Lipinski definition) is 5. The maximum absolute atomic E-state index is 12.8. The second-order valence-electron chi connectivity index (χ2n) is 4.82. The molecule has 0 aliphatic rings. The van der Waals surface area contributed by atoms with Crippen LogP contribution in [0.5, 0.6) is 11.5 Å². The Morgan fingerprint density at radius 2 is 1.76 bits per heavy atom. The van der Waals surface area contributed by atoms with E-state index in [1.165, 1.54) is 44.6 Å². The van der Waals surface area contributed by atoms with Gasteiger partial charge in [-0.15, -0.1) is 0 Å². The fraction of sp³-hybridized carbons (Fsp3) is 0.188. The first kappa shape index (κ1) is 18.7. The molecule has 25 heavy (non-hydrogen) atoms. The summed E-state index contributed by atoms with van der Waals surface area (Å²) in [6.45, 7) is 0. The number of ether oxygens (including phenoxy) is 2. The second kappa shape index (κ2) is 7.47. The van der Waals surface area contributed by atoms with Gasteiger partial charge < -0.3 is 14.8 Å². The van der Waals surface area contributed by atoms with Crippen molar-refractivity contribution in [3.8, 4) is 11.5 Å². The number of carbonyl (C=O) groups excluding carboxylic acids is 1. The third kappa shape index (κ3) is 3.87. The molecule has 0 saturated carbocycles. The van der Waals surface area contributed by atoms with Crippen molar-refractivity contribution in [2.75, 3.05) is 19.5 Å². The summed E-state index contributed by atoms with van der Waals surface area (Å²) in [5.41, 5.74) is -0.191. The summed E-state index contributed by atoms with van der Waals surface area (Å²) in [6, 6.07) is 9.39. The smallest absolute Gasteiger partial charge is 0.341 e. The van der Waals surface area contributed by atoms with Crippen LogP contribution in [0.4, 0.5) is 14.5 Å². The number of sulfone groups is 1. The fourth-order valence-electron chi connectivity index (χ4n) is 2.10. The van der Waals surface area contributed by atoms with Crippen LogP contribution in [-0.4, -0.2) is 34.3 Å². The van der Waals surface area contributed by atoms with Crippen molar-refractivity contribution in [2.24, 2.45) is 0 Å². The van der Waals surface area contributed by atoms with Gasteiger partial charge in [-0.2, -0.15) is 8.78 Å². The minimum atomic E-state index is -4.87. The Hall–Kier alpha value is -2.68. The van der Waals surface area contributed by atoms with Crippen molar-refractivity contribution in [3.63, 3.8) is 0 Å². The zero-order valence-electron chi connectivity index (χ0n) is 13.3. The van der Waals surface area contributed by atoms with Gasteiger partial charge in [0.05, 0.1) is 30.4 Å². The van der Waals surface area contributed by atoms with E-state index in [-0.39, 0.29) is 17.0 Å². The summed E-state index contributed by atoms with van der Waals surface area (Å²) in [4.78, 5) is 11.8. The molecule has 0 unspecified atom stereocenters. The zero-order chi connectivity index (χ0) is 18.6. The number of amides is 1.